The molecule has 96 valence electrons. The molecule has 0 aromatic carbocycles. The molecule has 0 radical (unpaired) electrons. The molecule has 4 saturated carbocycles. The number of hydrogen-bond acceptors (Lipinski definition) is 2. The highest BCUT2D eigenvalue weighted by Crippen LogP contribution is 2.62. The van der Waals surface area contributed by atoms with E-state index in [0.717, 1.165) is 23.3 Å². The van der Waals surface area contributed by atoms with E-state index in [4.69, 9.17) is 11.0 Å². The zero-order valence-electron chi connectivity index (χ0n) is 10.9. The summed E-state index contributed by atoms with van der Waals surface area (Å²) in [4.78, 5) is 11.4. The molecule has 0 spiro atoms. The van der Waals surface area contributed by atoms with Gasteiger partial charge in [-0.15, -0.1) is 0 Å². The average molecular weight is 244 g/mol. The lowest BCUT2D eigenvalue weighted by molar-refractivity contribution is -0.114. The highest BCUT2D eigenvalue weighted by Gasteiger charge is 2.52. The number of hydrogen-bond donors (Lipinski definition) is 1. The summed E-state index contributed by atoms with van der Waals surface area (Å²) < 4.78 is 0. The Morgan fingerprint density at radius 1 is 1.17 bits per heavy atom. The van der Waals surface area contributed by atoms with Gasteiger partial charge in [0, 0.05) is 0 Å². The van der Waals surface area contributed by atoms with E-state index < -0.39 is 5.91 Å². The number of carbonyl (C=O) groups excluding carboxylic acids is 1. The number of nitriles is 1. The summed E-state index contributed by atoms with van der Waals surface area (Å²) in [5, 5.41) is 9.16. The van der Waals surface area contributed by atoms with Gasteiger partial charge in [-0.2, -0.15) is 5.26 Å². The second-order valence-electron chi connectivity index (χ2n) is 6.67. The number of nitrogens with two attached hydrogens (primary N) is 1. The van der Waals surface area contributed by atoms with Crippen LogP contribution in [0.1, 0.15) is 45.4 Å². The molecule has 3 nitrogen and oxygen atoms in total. The predicted molar refractivity (Wildman–Crippen MR) is 68.1 cm³/mol. The van der Waals surface area contributed by atoms with Crippen LogP contribution < -0.4 is 5.73 Å². The quantitative estimate of drug-likeness (QED) is 0.599. The van der Waals surface area contributed by atoms with E-state index in [1.54, 1.807) is 0 Å². The van der Waals surface area contributed by atoms with Gasteiger partial charge in [-0.3, -0.25) is 4.79 Å². The molecule has 4 rings (SSSR count). The lowest BCUT2D eigenvalue weighted by Gasteiger charge is -2.57. The first-order chi connectivity index (χ1) is 8.54. The zero-order chi connectivity index (χ0) is 12.9. The summed E-state index contributed by atoms with van der Waals surface area (Å²) in [7, 11) is 0. The Kier molecular flexibility index (Phi) is 2.52. The third-order valence-electron chi connectivity index (χ3n) is 5.57. The summed E-state index contributed by atoms with van der Waals surface area (Å²) in [5.74, 6) is 1.91. The summed E-state index contributed by atoms with van der Waals surface area (Å²) >= 11 is 0. The maximum atomic E-state index is 11.4. The fraction of sp³-hybridized carbons (Fsp3) is 0.733. The summed E-state index contributed by atoms with van der Waals surface area (Å²) in [5.41, 5.74) is 6.67. The standard InChI is InChI=1S/C15H20N2O/c1-9(13(8-16)14(17)18)15-5-10-2-11(6-15)4-12(3-10)7-15/h10-12H,2-7H2,1H3,(H2,17,18)/b13-9+. The molecule has 4 aliphatic rings. The number of nitrogens with zero attached hydrogens (tertiary/aromatic N) is 1. The van der Waals surface area contributed by atoms with Crippen molar-refractivity contribution in [3.63, 3.8) is 0 Å². The van der Waals surface area contributed by atoms with Crippen molar-refractivity contribution >= 4 is 5.91 Å². The van der Waals surface area contributed by atoms with Gasteiger partial charge in [-0.25, -0.2) is 0 Å². The molecule has 2 N–H and O–H groups in total. The molecule has 0 saturated heterocycles. The smallest absolute Gasteiger partial charge is 0.259 e. The second-order valence-corrected chi connectivity index (χ2v) is 6.67. The number of allylic oxidation sites excluding steroid dienone is 1. The molecule has 18 heavy (non-hydrogen) atoms. The van der Waals surface area contributed by atoms with Crippen LogP contribution in [0.3, 0.4) is 0 Å². The molecule has 4 fully saturated rings. The van der Waals surface area contributed by atoms with Gasteiger partial charge in [0.25, 0.3) is 5.91 Å². The lowest BCUT2D eigenvalue weighted by Crippen LogP contribution is -2.47. The van der Waals surface area contributed by atoms with Gasteiger partial charge in [0.2, 0.25) is 0 Å². The van der Waals surface area contributed by atoms with Crippen molar-refractivity contribution in [2.45, 2.75) is 45.4 Å². The van der Waals surface area contributed by atoms with Crippen molar-refractivity contribution in [2.24, 2.45) is 28.9 Å². The molecule has 0 atom stereocenters. The van der Waals surface area contributed by atoms with E-state index in [1.165, 1.54) is 38.5 Å². The van der Waals surface area contributed by atoms with Crippen LogP contribution in [0.4, 0.5) is 0 Å². The first-order valence-corrected chi connectivity index (χ1v) is 6.95. The maximum absolute atomic E-state index is 11.4. The molecule has 4 bridgehead atoms. The van der Waals surface area contributed by atoms with Crippen LogP contribution in [0.25, 0.3) is 0 Å². The van der Waals surface area contributed by atoms with E-state index in [9.17, 15) is 4.79 Å². The average Bonchev–Trinajstić information content (AvgIpc) is 2.27. The second kappa shape index (κ2) is 3.85. The van der Waals surface area contributed by atoms with Crippen molar-refractivity contribution in [3.05, 3.63) is 11.1 Å². The lowest BCUT2D eigenvalue weighted by atomic mass is 9.47. The fourth-order valence-corrected chi connectivity index (χ4v) is 5.16. The minimum Gasteiger partial charge on any atom is -0.365 e. The number of rotatable bonds is 2. The van der Waals surface area contributed by atoms with E-state index in [0.29, 0.717) is 0 Å². The normalized spacial score (nSPS) is 42.3. The van der Waals surface area contributed by atoms with Gasteiger partial charge in [0.1, 0.15) is 11.6 Å². The molecule has 3 heteroatoms. The molecular weight excluding hydrogens is 224 g/mol. The Morgan fingerprint density at radius 3 is 1.94 bits per heavy atom. The summed E-state index contributed by atoms with van der Waals surface area (Å²) in [6, 6.07) is 2.03. The van der Waals surface area contributed by atoms with Gasteiger partial charge in [-0.1, -0.05) is 0 Å². The van der Waals surface area contributed by atoms with Crippen LogP contribution in [0, 0.1) is 34.5 Å². The van der Waals surface area contributed by atoms with Crippen molar-refractivity contribution in [3.8, 4) is 6.07 Å². The molecular formula is C15H20N2O. The molecule has 0 aliphatic heterocycles. The van der Waals surface area contributed by atoms with Crippen LogP contribution in [0.5, 0.6) is 0 Å². The van der Waals surface area contributed by atoms with Crippen LogP contribution in [0.15, 0.2) is 11.1 Å². The Balaban J connectivity index is 2.01. The Morgan fingerprint density at radius 2 is 1.61 bits per heavy atom. The highest BCUT2D eigenvalue weighted by molar-refractivity contribution is 5.96. The van der Waals surface area contributed by atoms with E-state index in [1.807, 2.05) is 13.0 Å². The zero-order valence-corrected chi connectivity index (χ0v) is 10.9. The first kappa shape index (κ1) is 11.8. The van der Waals surface area contributed by atoms with Gasteiger partial charge in [0.15, 0.2) is 0 Å². The van der Waals surface area contributed by atoms with Crippen molar-refractivity contribution in [1.82, 2.24) is 0 Å². The fourth-order valence-electron chi connectivity index (χ4n) is 5.16. The maximum Gasteiger partial charge on any atom is 0.259 e. The monoisotopic (exact) mass is 244 g/mol. The van der Waals surface area contributed by atoms with E-state index >= 15 is 0 Å². The third-order valence-corrected chi connectivity index (χ3v) is 5.57. The first-order valence-electron chi connectivity index (χ1n) is 6.95. The van der Waals surface area contributed by atoms with Crippen molar-refractivity contribution in [2.75, 3.05) is 0 Å². The van der Waals surface area contributed by atoms with Gasteiger partial charge < -0.3 is 5.73 Å². The molecule has 0 aromatic rings. The topological polar surface area (TPSA) is 66.9 Å². The van der Waals surface area contributed by atoms with E-state index in [-0.39, 0.29) is 11.0 Å². The Hall–Kier alpha value is -1.30. The summed E-state index contributed by atoms with van der Waals surface area (Å²) in [6.45, 7) is 1.97. The van der Waals surface area contributed by atoms with Gasteiger partial charge in [-0.05, 0) is 74.2 Å². The van der Waals surface area contributed by atoms with Crippen molar-refractivity contribution < 1.29 is 4.79 Å². The Bertz CT molecular complexity index is 434. The molecule has 0 aromatic heterocycles. The molecule has 4 aliphatic carbocycles. The Labute approximate surface area is 108 Å². The van der Waals surface area contributed by atoms with Gasteiger partial charge in [0.05, 0.1) is 0 Å². The molecule has 0 unspecified atom stereocenters. The minimum absolute atomic E-state index is 0.120. The van der Waals surface area contributed by atoms with Crippen LogP contribution >= 0.6 is 0 Å². The van der Waals surface area contributed by atoms with Crippen molar-refractivity contribution in [1.29, 1.82) is 5.26 Å². The SMILES string of the molecule is C/C(=C(/C#N)C(N)=O)C12CC3CC(CC(C3)C1)C2. The minimum atomic E-state index is -0.550. The van der Waals surface area contributed by atoms with Crippen LogP contribution in [-0.2, 0) is 4.79 Å². The number of amides is 1. The number of primary amides is 1. The van der Waals surface area contributed by atoms with E-state index in [2.05, 4.69) is 0 Å². The number of carbonyl (C=O) groups is 1. The predicted octanol–water partition coefficient (Wildman–Crippen LogP) is 2.53. The summed E-state index contributed by atoms with van der Waals surface area (Å²) in [6.07, 6.45) is 7.61. The van der Waals surface area contributed by atoms with Crippen LogP contribution in [-0.4, -0.2) is 5.91 Å². The van der Waals surface area contributed by atoms with Crippen LogP contribution in [0.2, 0.25) is 0 Å². The largest absolute Gasteiger partial charge is 0.365 e. The molecule has 0 heterocycles. The third kappa shape index (κ3) is 1.59. The highest BCUT2D eigenvalue weighted by atomic mass is 16.1. The molecule has 1 amide bonds. The van der Waals surface area contributed by atoms with Gasteiger partial charge >= 0.3 is 0 Å².